The van der Waals surface area contributed by atoms with E-state index in [1.807, 2.05) is 18.2 Å². The lowest BCUT2D eigenvalue weighted by Crippen LogP contribution is -2.19. The van der Waals surface area contributed by atoms with E-state index in [1.54, 1.807) is 37.4 Å². The molecule has 6 heteroatoms. The number of carbonyl (C=O) groups is 2. The molecule has 1 aliphatic heterocycles. The van der Waals surface area contributed by atoms with Gasteiger partial charge in [-0.3, -0.25) is 9.59 Å². The molecule has 0 saturated carbocycles. The zero-order valence-electron chi connectivity index (χ0n) is 15.4. The maximum atomic E-state index is 12.5. The molecule has 1 unspecified atom stereocenters. The number of benzene rings is 2. The van der Waals surface area contributed by atoms with Crippen LogP contribution in [0.1, 0.15) is 28.8 Å². The smallest absolute Gasteiger partial charge is 0.255 e. The third-order valence-electron chi connectivity index (χ3n) is 4.41. The largest absolute Gasteiger partial charge is 0.491 e. The third-order valence-corrected chi connectivity index (χ3v) is 4.41. The Hall–Kier alpha value is -2.86. The third kappa shape index (κ3) is 5.56. The van der Waals surface area contributed by atoms with E-state index < -0.39 is 0 Å². The first-order chi connectivity index (χ1) is 13.1. The van der Waals surface area contributed by atoms with Crippen molar-refractivity contribution < 1.29 is 19.1 Å². The number of ether oxygens (including phenoxy) is 2. The van der Waals surface area contributed by atoms with Crippen LogP contribution in [0.25, 0.3) is 0 Å². The van der Waals surface area contributed by atoms with Gasteiger partial charge in [0.25, 0.3) is 5.91 Å². The fraction of sp³-hybridized carbons (Fsp3) is 0.333. The van der Waals surface area contributed by atoms with E-state index in [-0.39, 0.29) is 17.9 Å². The van der Waals surface area contributed by atoms with Crippen molar-refractivity contribution in [3.05, 3.63) is 59.7 Å². The average molecular weight is 368 g/mol. The van der Waals surface area contributed by atoms with Crippen LogP contribution in [0.5, 0.6) is 5.75 Å². The van der Waals surface area contributed by atoms with Gasteiger partial charge in [-0.15, -0.1) is 0 Å². The van der Waals surface area contributed by atoms with Crippen LogP contribution in [0.2, 0.25) is 0 Å². The standard InChI is InChI=1S/C21H24N2O4/c1-22-20(24)12-15-7-9-17(10-8-15)23-21(25)16-4-2-5-18(13-16)27-14-19-6-3-11-26-19/h2,4-5,7-10,13,19H,3,6,11-12,14H2,1H3,(H,22,24)(H,23,25). The monoisotopic (exact) mass is 368 g/mol. The first-order valence-corrected chi connectivity index (χ1v) is 9.09. The normalized spacial score (nSPS) is 16.0. The Morgan fingerprint density at radius 2 is 2.00 bits per heavy atom. The average Bonchev–Trinajstić information content (AvgIpc) is 3.21. The van der Waals surface area contributed by atoms with Gasteiger partial charge in [-0.1, -0.05) is 18.2 Å². The van der Waals surface area contributed by atoms with Crippen LogP contribution >= 0.6 is 0 Å². The molecule has 1 fully saturated rings. The van der Waals surface area contributed by atoms with Crippen LogP contribution in [0.3, 0.4) is 0 Å². The molecule has 0 aliphatic carbocycles. The Morgan fingerprint density at radius 1 is 1.19 bits per heavy atom. The predicted molar refractivity (Wildman–Crippen MR) is 103 cm³/mol. The molecule has 1 atom stereocenters. The molecule has 2 aromatic rings. The highest BCUT2D eigenvalue weighted by atomic mass is 16.5. The highest BCUT2D eigenvalue weighted by Gasteiger charge is 2.16. The number of anilines is 1. The Balaban J connectivity index is 1.57. The van der Waals surface area contributed by atoms with E-state index in [2.05, 4.69) is 10.6 Å². The summed E-state index contributed by atoms with van der Waals surface area (Å²) in [7, 11) is 1.61. The van der Waals surface area contributed by atoms with Gasteiger partial charge in [-0.25, -0.2) is 0 Å². The van der Waals surface area contributed by atoms with E-state index in [0.717, 1.165) is 25.0 Å². The molecule has 1 saturated heterocycles. The SMILES string of the molecule is CNC(=O)Cc1ccc(NC(=O)c2cccc(OCC3CCCO3)c2)cc1. The minimum absolute atomic E-state index is 0.0494. The molecular weight excluding hydrogens is 344 g/mol. The van der Waals surface area contributed by atoms with Crippen molar-refractivity contribution in [1.82, 2.24) is 5.32 Å². The van der Waals surface area contributed by atoms with E-state index in [1.165, 1.54) is 0 Å². The number of hydrogen-bond acceptors (Lipinski definition) is 4. The summed E-state index contributed by atoms with van der Waals surface area (Å²) >= 11 is 0. The van der Waals surface area contributed by atoms with Crippen LogP contribution in [-0.4, -0.2) is 38.2 Å². The van der Waals surface area contributed by atoms with Crippen molar-refractivity contribution in [2.24, 2.45) is 0 Å². The molecule has 1 heterocycles. The minimum atomic E-state index is -0.211. The molecular formula is C21H24N2O4. The highest BCUT2D eigenvalue weighted by molar-refractivity contribution is 6.04. The first kappa shape index (κ1) is 18.9. The van der Waals surface area contributed by atoms with Crippen molar-refractivity contribution >= 4 is 17.5 Å². The Labute approximate surface area is 158 Å². The Bertz CT molecular complexity index is 783. The summed E-state index contributed by atoms with van der Waals surface area (Å²) in [4.78, 5) is 23.9. The van der Waals surface area contributed by atoms with E-state index in [0.29, 0.717) is 30.0 Å². The zero-order valence-corrected chi connectivity index (χ0v) is 15.4. The molecule has 0 radical (unpaired) electrons. The maximum absolute atomic E-state index is 12.5. The number of carbonyl (C=O) groups excluding carboxylic acids is 2. The quantitative estimate of drug-likeness (QED) is 0.788. The van der Waals surface area contributed by atoms with Gasteiger partial charge >= 0.3 is 0 Å². The molecule has 6 nitrogen and oxygen atoms in total. The summed E-state index contributed by atoms with van der Waals surface area (Å²) < 4.78 is 11.3. The molecule has 2 aromatic carbocycles. The van der Waals surface area contributed by atoms with Crippen LogP contribution in [0.4, 0.5) is 5.69 Å². The van der Waals surface area contributed by atoms with Gasteiger partial charge < -0.3 is 20.1 Å². The molecule has 2 N–H and O–H groups in total. The van der Waals surface area contributed by atoms with Crippen molar-refractivity contribution in [3.63, 3.8) is 0 Å². The lowest BCUT2D eigenvalue weighted by atomic mass is 10.1. The van der Waals surface area contributed by atoms with E-state index >= 15 is 0 Å². The summed E-state index contributed by atoms with van der Waals surface area (Å²) in [5.41, 5.74) is 2.08. The van der Waals surface area contributed by atoms with Gasteiger partial charge in [0.1, 0.15) is 12.4 Å². The zero-order chi connectivity index (χ0) is 19.1. The summed E-state index contributed by atoms with van der Waals surface area (Å²) in [5.74, 6) is 0.391. The topological polar surface area (TPSA) is 76.7 Å². The summed E-state index contributed by atoms with van der Waals surface area (Å²) in [5, 5.41) is 5.44. The minimum Gasteiger partial charge on any atom is -0.491 e. The number of nitrogens with one attached hydrogen (secondary N) is 2. The van der Waals surface area contributed by atoms with Gasteiger partial charge in [-0.2, -0.15) is 0 Å². The van der Waals surface area contributed by atoms with Crippen LogP contribution < -0.4 is 15.4 Å². The van der Waals surface area contributed by atoms with Gasteiger partial charge in [0.15, 0.2) is 0 Å². The van der Waals surface area contributed by atoms with Crippen LogP contribution in [0, 0.1) is 0 Å². The van der Waals surface area contributed by atoms with Crippen molar-refractivity contribution in [2.45, 2.75) is 25.4 Å². The maximum Gasteiger partial charge on any atom is 0.255 e. The predicted octanol–water partition coefficient (Wildman–Crippen LogP) is 2.79. The van der Waals surface area contributed by atoms with E-state index in [9.17, 15) is 9.59 Å². The van der Waals surface area contributed by atoms with Crippen LogP contribution in [-0.2, 0) is 16.0 Å². The second-order valence-corrected chi connectivity index (χ2v) is 6.47. The van der Waals surface area contributed by atoms with Gasteiger partial charge in [0.05, 0.1) is 12.5 Å². The molecule has 27 heavy (non-hydrogen) atoms. The molecule has 1 aliphatic rings. The molecule has 0 bridgehead atoms. The first-order valence-electron chi connectivity index (χ1n) is 9.09. The van der Waals surface area contributed by atoms with Crippen molar-refractivity contribution in [1.29, 1.82) is 0 Å². The number of rotatable bonds is 7. The van der Waals surface area contributed by atoms with E-state index in [4.69, 9.17) is 9.47 Å². The van der Waals surface area contributed by atoms with Crippen LogP contribution in [0.15, 0.2) is 48.5 Å². The summed E-state index contributed by atoms with van der Waals surface area (Å²) in [6.07, 6.45) is 2.53. The van der Waals surface area contributed by atoms with Gasteiger partial charge in [0.2, 0.25) is 5.91 Å². The second-order valence-electron chi connectivity index (χ2n) is 6.47. The number of hydrogen-bond donors (Lipinski definition) is 2. The van der Waals surface area contributed by atoms with Crippen molar-refractivity contribution in [2.75, 3.05) is 25.6 Å². The molecule has 2 amide bonds. The second kappa shape index (κ2) is 9.19. The van der Waals surface area contributed by atoms with Crippen molar-refractivity contribution in [3.8, 4) is 5.75 Å². The highest BCUT2D eigenvalue weighted by Crippen LogP contribution is 2.18. The lowest BCUT2D eigenvalue weighted by Gasteiger charge is -2.12. The fourth-order valence-electron chi connectivity index (χ4n) is 2.88. The van der Waals surface area contributed by atoms with Gasteiger partial charge in [0, 0.05) is 24.9 Å². The van der Waals surface area contributed by atoms with Gasteiger partial charge in [-0.05, 0) is 48.7 Å². The lowest BCUT2D eigenvalue weighted by molar-refractivity contribution is -0.119. The number of likely N-dealkylation sites (N-methyl/N-ethyl adjacent to an activating group) is 1. The molecule has 0 spiro atoms. The summed E-state index contributed by atoms with van der Waals surface area (Å²) in [6.45, 7) is 1.29. The molecule has 142 valence electrons. The molecule has 0 aromatic heterocycles. The Kier molecular flexibility index (Phi) is 6.44. The molecule has 3 rings (SSSR count). The number of amides is 2. The fourth-order valence-corrected chi connectivity index (χ4v) is 2.88. The summed E-state index contributed by atoms with van der Waals surface area (Å²) in [6, 6.07) is 14.3. The Morgan fingerprint density at radius 3 is 2.70 bits per heavy atom.